The lowest BCUT2D eigenvalue weighted by molar-refractivity contribution is 0.710. The Labute approximate surface area is 293 Å². The minimum atomic E-state index is -0.0273. The Balaban J connectivity index is 1.34. The number of pyridine rings is 1. The monoisotopic (exact) mass is 651 g/mol. The second-order valence-corrected chi connectivity index (χ2v) is 13.4. The van der Waals surface area contributed by atoms with E-state index in [1.54, 1.807) is 0 Å². The molecule has 6 aromatic rings. The molecule has 2 aliphatic carbocycles. The van der Waals surface area contributed by atoms with E-state index in [0.717, 1.165) is 58.7 Å². The van der Waals surface area contributed by atoms with E-state index in [9.17, 15) is 0 Å². The zero-order valence-corrected chi connectivity index (χ0v) is 29.2. The number of benzene rings is 3. The number of nitrogens with zero attached hydrogens (tertiary/aromatic N) is 5. The molecule has 3 aromatic carbocycles. The normalized spacial score (nSPS) is 17.7. The van der Waals surface area contributed by atoms with Crippen molar-refractivity contribution in [1.29, 1.82) is 0 Å². The number of aromatic nitrogens is 5. The predicted octanol–water partition coefficient (Wildman–Crippen LogP) is 11.2. The molecule has 0 bridgehead atoms. The fourth-order valence-corrected chi connectivity index (χ4v) is 7.55. The molecular formula is C45H41N5. The maximum absolute atomic E-state index is 5.47. The van der Waals surface area contributed by atoms with Crippen molar-refractivity contribution < 1.29 is 0 Å². The maximum atomic E-state index is 5.47. The summed E-state index contributed by atoms with van der Waals surface area (Å²) >= 11 is 0. The van der Waals surface area contributed by atoms with Crippen LogP contribution in [-0.4, -0.2) is 24.3 Å². The first-order chi connectivity index (χ1) is 24.5. The van der Waals surface area contributed by atoms with Crippen LogP contribution < -0.4 is 0 Å². The fourth-order valence-electron chi connectivity index (χ4n) is 7.55. The zero-order chi connectivity index (χ0) is 34.4. The Kier molecular flexibility index (Phi) is 8.20. The first-order valence-electron chi connectivity index (χ1n) is 17.7. The van der Waals surface area contributed by atoms with Gasteiger partial charge in [0, 0.05) is 33.4 Å². The Bertz CT molecular complexity index is 2530. The minimum Gasteiger partial charge on any atom is -0.291 e. The number of rotatable bonds is 7. The van der Waals surface area contributed by atoms with Gasteiger partial charge in [-0.3, -0.25) is 4.40 Å². The summed E-state index contributed by atoms with van der Waals surface area (Å²) in [6, 6.07) is 17.4. The van der Waals surface area contributed by atoms with Gasteiger partial charge in [-0.2, -0.15) is 0 Å². The van der Waals surface area contributed by atoms with Crippen molar-refractivity contribution in [2.24, 2.45) is 5.92 Å². The van der Waals surface area contributed by atoms with E-state index in [2.05, 4.69) is 123 Å². The highest BCUT2D eigenvalue weighted by atomic mass is 15.0. The first kappa shape index (κ1) is 31.6. The Morgan fingerprint density at radius 3 is 2.48 bits per heavy atom. The van der Waals surface area contributed by atoms with E-state index in [4.69, 9.17) is 19.9 Å². The van der Waals surface area contributed by atoms with Crippen LogP contribution in [0.5, 0.6) is 0 Å². The van der Waals surface area contributed by atoms with Crippen LogP contribution in [0.1, 0.15) is 79.4 Å². The molecule has 0 spiro atoms. The highest BCUT2D eigenvalue weighted by Gasteiger charge is 2.28. The maximum Gasteiger partial charge on any atom is 0.163 e. The van der Waals surface area contributed by atoms with Crippen molar-refractivity contribution in [2.75, 3.05) is 0 Å². The van der Waals surface area contributed by atoms with E-state index < -0.39 is 0 Å². The summed E-state index contributed by atoms with van der Waals surface area (Å²) in [5, 5.41) is 4.86. The molecule has 50 heavy (non-hydrogen) atoms. The highest BCUT2D eigenvalue weighted by Crippen LogP contribution is 2.41. The molecule has 246 valence electrons. The van der Waals surface area contributed by atoms with Crippen molar-refractivity contribution in [3.63, 3.8) is 0 Å². The summed E-state index contributed by atoms with van der Waals surface area (Å²) in [6.45, 7) is 13.0. The summed E-state index contributed by atoms with van der Waals surface area (Å²) in [6.07, 6.45) is 26.1. The van der Waals surface area contributed by atoms with E-state index in [1.807, 2.05) is 31.2 Å². The van der Waals surface area contributed by atoms with Crippen LogP contribution in [0.2, 0.25) is 0 Å². The molecule has 2 aliphatic rings. The second kappa shape index (κ2) is 13.0. The van der Waals surface area contributed by atoms with Crippen molar-refractivity contribution in [3.05, 3.63) is 150 Å². The molecule has 3 aromatic heterocycles. The largest absolute Gasteiger partial charge is 0.291 e. The highest BCUT2D eigenvalue weighted by molar-refractivity contribution is 6.24. The smallest absolute Gasteiger partial charge is 0.163 e. The van der Waals surface area contributed by atoms with Crippen molar-refractivity contribution >= 4 is 61.5 Å². The van der Waals surface area contributed by atoms with Crippen LogP contribution >= 0.6 is 0 Å². The average molecular weight is 652 g/mol. The van der Waals surface area contributed by atoms with Crippen LogP contribution in [0.4, 0.5) is 0 Å². The molecule has 1 unspecified atom stereocenters. The van der Waals surface area contributed by atoms with Gasteiger partial charge in [0.25, 0.3) is 0 Å². The third kappa shape index (κ3) is 5.25. The molecule has 5 nitrogen and oxygen atoms in total. The standard InChI is InChI=1S/C45H41N5/c1-6-8-10-18-29(4)42-47-43(49-44(48-42)32-19-12-11-17-28(32)3)31-25-26-37-38(27-31)30(5)39(24-9-7-2)50-41-36-23-16-14-21-34(36)33-20-13-15-22-35(33)40(41)46-45(37)50/h6,8-16,18-26,28,31H,4,7,17,27H2,1-3,5H3/b8-6-,18-10-,24-9-/t28-,31?/m1/s1. The molecule has 0 fully saturated rings. The molecule has 0 aliphatic heterocycles. The van der Waals surface area contributed by atoms with Crippen molar-refractivity contribution in [1.82, 2.24) is 24.3 Å². The lowest BCUT2D eigenvalue weighted by Gasteiger charge is -2.24. The summed E-state index contributed by atoms with van der Waals surface area (Å²) < 4.78 is 2.40. The molecule has 0 radical (unpaired) electrons. The number of hydrogen-bond acceptors (Lipinski definition) is 4. The minimum absolute atomic E-state index is 0.0273. The third-order valence-corrected chi connectivity index (χ3v) is 10.2. The van der Waals surface area contributed by atoms with Crippen LogP contribution in [0.25, 0.3) is 61.5 Å². The molecule has 0 N–H and O–H groups in total. The van der Waals surface area contributed by atoms with Gasteiger partial charge in [-0.1, -0.05) is 130 Å². The average Bonchev–Trinajstić information content (AvgIpc) is 3.56. The van der Waals surface area contributed by atoms with Crippen LogP contribution in [0.15, 0.2) is 110 Å². The van der Waals surface area contributed by atoms with Gasteiger partial charge in [0.2, 0.25) is 0 Å². The van der Waals surface area contributed by atoms with Gasteiger partial charge in [0.15, 0.2) is 11.6 Å². The van der Waals surface area contributed by atoms with E-state index in [0.29, 0.717) is 11.7 Å². The van der Waals surface area contributed by atoms with E-state index in [1.165, 1.54) is 43.9 Å². The molecule has 0 saturated carbocycles. The van der Waals surface area contributed by atoms with E-state index >= 15 is 0 Å². The number of imidazole rings is 1. The van der Waals surface area contributed by atoms with Crippen LogP contribution in [0, 0.1) is 12.8 Å². The fraction of sp³-hybridized carbons (Fsp3) is 0.200. The van der Waals surface area contributed by atoms with Crippen molar-refractivity contribution in [3.8, 4) is 0 Å². The van der Waals surface area contributed by atoms with Gasteiger partial charge in [-0.25, -0.2) is 19.9 Å². The van der Waals surface area contributed by atoms with Crippen LogP contribution in [-0.2, 0) is 6.42 Å². The Morgan fingerprint density at radius 1 is 0.960 bits per heavy atom. The van der Waals surface area contributed by atoms with Crippen molar-refractivity contribution in [2.45, 2.75) is 52.9 Å². The summed E-state index contributed by atoms with van der Waals surface area (Å²) in [4.78, 5) is 20.7. The Hall–Kier alpha value is -5.68. The molecular weight excluding hydrogens is 611 g/mol. The van der Waals surface area contributed by atoms with Gasteiger partial charge >= 0.3 is 0 Å². The molecule has 3 heterocycles. The molecule has 5 heteroatoms. The quantitative estimate of drug-likeness (QED) is 0.127. The van der Waals surface area contributed by atoms with Gasteiger partial charge < -0.3 is 0 Å². The summed E-state index contributed by atoms with van der Waals surface area (Å²) in [5.41, 5.74) is 9.96. The van der Waals surface area contributed by atoms with E-state index in [-0.39, 0.29) is 5.92 Å². The van der Waals surface area contributed by atoms with Gasteiger partial charge in [-0.15, -0.1) is 0 Å². The Morgan fingerprint density at radius 2 is 1.72 bits per heavy atom. The SMILES string of the molecule is C=C(/C=C\C=C/C)c1nc(C2=CC=CC[C@H]2C)nc(C2C=Cc3c(c(C)c(/C=C\CC)n4c3nc3c5ccccc5c5ccccc5c34)C2)n1. The second-order valence-electron chi connectivity index (χ2n) is 13.4. The van der Waals surface area contributed by atoms with Gasteiger partial charge in [0.1, 0.15) is 11.5 Å². The molecule has 0 saturated heterocycles. The topological polar surface area (TPSA) is 56.0 Å². The number of hydrogen-bond donors (Lipinski definition) is 0. The zero-order valence-electron chi connectivity index (χ0n) is 29.2. The molecule has 0 amide bonds. The first-order valence-corrected chi connectivity index (χ1v) is 17.7. The third-order valence-electron chi connectivity index (χ3n) is 10.2. The summed E-state index contributed by atoms with van der Waals surface area (Å²) in [5.74, 6) is 2.41. The lowest BCUT2D eigenvalue weighted by atomic mass is 9.86. The van der Waals surface area contributed by atoms with Crippen LogP contribution in [0.3, 0.4) is 0 Å². The van der Waals surface area contributed by atoms with Gasteiger partial charge in [-0.05, 0) is 67.0 Å². The van der Waals surface area contributed by atoms with Gasteiger partial charge in [0.05, 0.1) is 16.7 Å². The molecule has 2 atom stereocenters. The molecule has 8 rings (SSSR count). The lowest BCUT2D eigenvalue weighted by Crippen LogP contribution is -2.17. The number of allylic oxidation sites excluding steroid dienone is 11. The predicted molar refractivity (Wildman–Crippen MR) is 211 cm³/mol. The summed E-state index contributed by atoms with van der Waals surface area (Å²) in [7, 11) is 0. The number of fused-ring (bicyclic) bond motifs is 10.